The SMILES string of the molecule is [NH3+][C@@H](CSC[C@H]([NH3+])C(=O)O)C(=O)O. The van der Waals surface area contributed by atoms with E-state index in [0.717, 1.165) is 0 Å². The summed E-state index contributed by atoms with van der Waals surface area (Å²) in [5.41, 5.74) is 6.78. The Morgan fingerprint density at radius 2 is 1.38 bits per heavy atom. The minimum Gasteiger partial charge on any atom is -0.477 e. The number of aliphatic carboxylic acids is 2. The number of carboxylic acids is 2. The summed E-state index contributed by atoms with van der Waals surface area (Å²) in [7, 11) is 0. The summed E-state index contributed by atoms with van der Waals surface area (Å²) < 4.78 is 0. The van der Waals surface area contributed by atoms with Crippen LogP contribution in [0.2, 0.25) is 0 Å². The van der Waals surface area contributed by atoms with Crippen molar-refractivity contribution in [2.45, 2.75) is 12.1 Å². The van der Waals surface area contributed by atoms with E-state index >= 15 is 0 Å². The Labute approximate surface area is 79.3 Å². The molecule has 0 aromatic carbocycles. The fraction of sp³-hybridized carbons (Fsp3) is 0.667. The summed E-state index contributed by atoms with van der Waals surface area (Å²) in [6.45, 7) is 0. The molecule has 0 spiro atoms. The van der Waals surface area contributed by atoms with E-state index in [2.05, 4.69) is 11.5 Å². The maximum Gasteiger partial charge on any atom is 0.363 e. The second-order valence-corrected chi connectivity index (χ2v) is 3.68. The Balaban J connectivity index is 3.56. The molecule has 0 heterocycles. The van der Waals surface area contributed by atoms with Gasteiger partial charge in [-0.15, -0.1) is 11.8 Å². The zero-order chi connectivity index (χ0) is 10.4. The summed E-state index contributed by atoms with van der Waals surface area (Å²) >= 11 is 1.24. The largest absolute Gasteiger partial charge is 0.477 e. The summed E-state index contributed by atoms with van der Waals surface area (Å²) in [4.78, 5) is 20.6. The van der Waals surface area contributed by atoms with Gasteiger partial charge in [0, 0.05) is 0 Å². The van der Waals surface area contributed by atoms with Crippen LogP contribution in [0.4, 0.5) is 0 Å². The number of carbonyl (C=O) groups is 2. The van der Waals surface area contributed by atoms with E-state index in [1.54, 1.807) is 0 Å². The van der Waals surface area contributed by atoms with Crippen molar-refractivity contribution in [2.24, 2.45) is 0 Å². The van der Waals surface area contributed by atoms with Gasteiger partial charge in [-0.1, -0.05) is 0 Å². The molecule has 0 unspecified atom stereocenters. The van der Waals surface area contributed by atoms with Crippen LogP contribution in [0, 0.1) is 0 Å². The lowest BCUT2D eigenvalue weighted by atomic mass is 10.4. The lowest BCUT2D eigenvalue weighted by molar-refractivity contribution is -0.401. The minimum absolute atomic E-state index is 0.314. The summed E-state index contributed by atoms with van der Waals surface area (Å²) in [5, 5.41) is 16.9. The van der Waals surface area contributed by atoms with E-state index in [1.807, 2.05) is 0 Å². The van der Waals surface area contributed by atoms with Crippen LogP contribution < -0.4 is 11.5 Å². The van der Waals surface area contributed by atoms with Gasteiger partial charge in [-0.05, 0) is 0 Å². The van der Waals surface area contributed by atoms with Gasteiger partial charge >= 0.3 is 11.9 Å². The molecule has 0 aliphatic carbocycles. The number of carboxylic acid groups (broad SMARTS) is 2. The Kier molecular flexibility index (Phi) is 5.44. The molecule has 0 bridgehead atoms. The highest BCUT2D eigenvalue weighted by molar-refractivity contribution is 7.99. The third-order valence-corrected chi connectivity index (χ3v) is 2.61. The first-order chi connectivity index (χ1) is 5.95. The Morgan fingerprint density at radius 1 is 1.08 bits per heavy atom. The van der Waals surface area contributed by atoms with E-state index in [-0.39, 0.29) is 0 Å². The van der Waals surface area contributed by atoms with E-state index in [1.165, 1.54) is 11.8 Å². The number of thioether (sulfide) groups is 1. The lowest BCUT2D eigenvalue weighted by Gasteiger charge is -2.04. The topological polar surface area (TPSA) is 130 Å². The normalized spacial score (nSPS) is 14.9. The highest BCUT2D eigenvalue weighted by Gasteiger charge is 2.19. The molecule has 0 aromatic rings. The number of hydrogen-bond donors (Lipinski definition) is 4. The summed E-state index contributed by atoms with van der Waals surface area (Å²) in [5.74, 6) is -1.31. The fourth-order valence-corrected chi connectivity index (χ4v) is 1.49. The monoisotopic (exact) mass is 210 g/mol. The lowest BCUT2D eigenvalue weighted by Crippen LogP contribution is -2.68. The van der Waals surface area contributed by atoms with Crippen molar-refractivity contribution in [3.63, 3.8) is 0 Å². The van der Waals surface area contributed by atoms with Gasteiger partial charge in [-0.3, -0.25) is 0 Å². The van der Waals surface area contributed by atoms with Gasteiger partial charge in [-0.25, -0.2) is 9.59 Å². The van der Waals surface area contributed by atoms with Crippen LogP contribution in [-0.2, 0) is 9.59 Å². The molecule has 0 aliphatic heterocycles. The number of rotatable bonds is 6. The van der Waals surface area contributed by atoms with Crippen molar-refractivity contribution < 1.29 is 31.3 Å². The van der Waals surface area contributed by atoms with Gasteiger partial charge in [0.2, 0.25) is 0 Å². The van der Waals surface area contributed by atoms with Gasteiger partial charge in [0.15, 0.2) is 12.1 Å². The van der Waals surface area contributed by atoms with Crippen LogP contribution in [0.25, 0.3) is 0 Å². The maximum absolute atomic E-state index is 10.3. The second kappa shape index (κ2) is 5.79. The number of hydrogen-bond acceptors (Lipinski definition) is 3. The smallest absolute Gasteiger partial charge is 0.363 e. The van der Waals surface area contributed by atoms with Crippen molar-refractivity contribution in [3.8, 4) is 0 Å². The minimum atomic E-state index is -0.969. The third kappa shape index (κ3) is 5.45. The van der Waals surface area contributed by atoms with Gasteiger partial charge in [0.25, 0.3) is 0 Å². The molecule has 0 amide bonds. The first kappa shape index (κ1) is 12.2. The standard InChI is InChI=1S/C6H12N2O4S/c7-3(5(9)10)1-13-2-4(8)6(11)12/h3-4H,1-2,7-8H2,(H,9,10)(H,11,12)/p+2/t3-,4-/m0/s1. The number of quaternary nitrogens is 2. The van der Waals surface area contributed by atoms with Crippen molar-refractivity contribution >= 4 is 23.7 Å². The molecular weight excluding hydrogens is 196 g/mol. The predicted molar refractivity (Wildman–Crippen MR) is 45.9 cm³/mol. The average Bonchev–Trinajstić information content (AvgIpc) is 2.03. The first-order valence-electron chi connectivity index (χ1n) is 3.64. The molecule has 7 heteroatoms. The highest BCUT2D eigenvalue weighted by Crippen LogP contribution is 2.01. The molecule has 8 N–H and O–H groups in total. The molecule has 0 saturated heterocycles. The van der Waals surface area contributed by atoms with E-state index in [9.17, 15) is 9.59 Å². The zero-order valence-corrected chi connectivity index (χ0v) is 7.92. The molecule has 0 aliphatic rings. The molecule has 0 radical (unpaired) electrons. The van der Waals surface area contributed by atoms with Gasteiger partial charge < -0.3 is 21.7 Å². The van der Waals surface area contributed by atoms with Crippen LogP contribution in [-0.4, -0.2) is 45.7 Å². The maximum atomic E-state index is 10.3. The average molecular weight is 210 g/mol. The van der Waals surface area contributed by atoms with Crippen LogP contribution in [0.3, 0.4) is 0 Å². The summed E-state index contributed by atoms with van der Waals surface area (Å²) in [6, 6.07) is -1.38. The van der Waals surface area contributed by atoms with Gasteiger partial charge in [-0.2, -0.15) is 0 Å². The van der Waals surface area contributed by atoms with Crippen molar-refractivity contribution in [2.75, 3.05) is 11.5 Å². The van der Waals surface area contributed by atoms with Crippen molar-refractivity contribution in [3.05, 3.63) is 0 Å². The van der Waals surface area contributed by atoms with Gasteiger partial charge in [0.1, 0.15) is 0 Å². The van der Waals surface area contributed by atoms with Gasteiger partial charge in [0.05, 0.1) is 11.5 Å². The van der Waals surface area contributed by atoms with Crippen LogP contribution in [0.15, 0.2) is 0 Å². The van der Waals surface area contributed by atoms with Crippen LogP contribution >= 0.6 is 11.8 Å². The van der Waals surface area contributed by atoms with Crippen LogP contribution in [0.1, 0.15) is 0 Å². The molecule has 0 rings (SSSR count). The van der Waals surface area contributed by atoms with E-state index in [0.29, 0.717) is 11.5 Å². The molecule has 6 nitrogen and oxygen atoms in total. The second-order valence-electron chi connectivity index (χ2n) is 2.61. The predicted octanol–water partition coefficient (Wildman–Crippen LogP) is -2.89. The fourth-order valence-electron chi connectivity index (χ4n) is 0.495. The molecular formula is C6H14N2O4S+2. The molecule has 0 fully saturated rings. The molecule has 0 aromatic heterocycles. The Hall–Kier alpha value is -0.790. The van der Waals surface area contributed by atoms with Crippen LogP contribution in [0.5, 0.6) is 0 Å². The van der Waals surface area contributed by atoms with Crippen molar-refractivity contribution in [1.29, 1.82) is 0 Å². The molecule has 13 heavy (non-hydrogen) atoms. The highest BCUT2D eigenvalue weighted by atomic mass is 32.2. The molecule has 2 atom stereocenters. The Morgan fingerprint density at radius 3 is 1.62 bits per heavy atom. The Bertz CT molecular complexity index is 179. The third-order valence-electron chi connectivity index (χ3n) is 1.34. The zero-order valence-electron chi connectivity index (χ0n) is 7.10. The quantitative estimate of drug-likeness (QED) is 0.374. The molecule has 0 saturated carbocycles. The van der Waals surface area contributed by atoms with Crippen molar-refractivity contribution in [1.82, 2.24) is 0 Å². The first-order valence-corrected chi connectivity index (χ1v) is 4.80. The van der Waals surface area contributed by atoms with E-state index in [4.69, 9.17) is 10.2 Å². The summed E-state index contributed by atoms with van der Waals surface area (Å²) in [6.07, 6.45) is 0. The van der Waals surface area contributed by atoms with E-state index < -0.39 is 24.0 Å². The molecule has 76 valence electrons.